The van der Waals surface area contributed by atoms with Crippen molar-refractivity contribution in [3.8, 4) is 0 Å². The number of nitrogens with one attached hydrogen (secondary N) is 1. The van der Waals surface area contributed by atoms with Crippen LogP contribution in [-0.2, 0) is 4.74 Å². The van der Waals surface area contributed by atoms with Gasteiger partial charge < -0.3 is 15.2 Å². The number of pyridine rings is 1. The average molecular weight is 224 g/mol. The summed E-state index contributed by atoms with van der Waals surface area (Å²) in [7, 11) is 0. The summed E-state index contributed by atoms with van der Waals surface area (Å²) in [5, 5.41) is 12.8. The molecule has 0 amide bonds. The zero-order valence-corrected chi connectivity index (χ0v) is 9.89. The van der Waals surface area contributed by atoms with Gasteiger partial charge in [-0.2, -0.15) is 0 Å². The number of hydrogen-bond acceptors (Lipinski definition) is 4. The van der Waals surface area contributed by atoms with Gasteiger partial charge in [0, 0.05) is 31.6 Å². The van der Waals surface area contributed by atoms with Crippen LogP contribution in [0, 0.1) is 0 Å². The molecule has 1 rings (SSSR count). The Morgan fingerprint density at radius 2 is 2.38 bits per heavy atom. The minimum atomic E-state index is -0.459. The predicted octanol–water partition coefficient (Wildman–Crippen LogP) is 1.13. The van der Waals surface area contributed by atoms with Crippen LogP contribution in [-0.4, -0.2) is 36.0 Å². The first-order valence-corrected chi connectivity index (χ1v) is 5.63. The van der Waals surface area contributed by atoms with Gasteiger partial charge in [0.05, 0.1) is 12.7 Å². The quantitative estimate of drug-likeness (QED) is 0.729. The van der Waals surface area contributed by atoms with E-state index in [0.717, 1.165) is 5.56 Å². The third kappa shape index (κ3) is 4.70. The van der Waals surface area contributed by atoms with Crippen LogP contribution in [0.2, 0.25) is 0 Å². The average Bonchev–Trinajstić information content (AvgIpc) is 2.34. The minimum absolute atomic E-state index is 0.185. The molecule has 1 aromatic rings. The molecule has 1 aromatic heterocycles. The van der Waals surface area contributed by atoms with E-state index in [-0.39, 0.29) is 6.04 Å². The van der Waals surface area contributed by atoms with E-state index < -0.39 is 6.10 Å². The maximum atomic E-state index is 9.57. The molecule has 1 heterocycles. The molecule has 2 N–H and O–H groups in total. The third-order valence-electron chi connectivity index (χ3n) is 2.36. The lowest BCUT2D eigenvalue weighted by atomic mass is 10.1. The molecule has 0 aliphatic rings. The van der Waals surface area contributed by atoms with Gasteiger partial charge in [-0.25, -0.2) is 0 Å². The number of aliphatic hydroxyl groups is 1. The maximum Gasteiger partial charge on any atom is 0.0897 e. The summed E-state index contributed by atoms with van der Waals surface area (Å²) in [6.45, 7) is 5.50. The van der Waals surface area contributed by atoms with E-state index in [4.69, 9.17) is 4.74 Å². The van der Waals surface area contributed by atoms with Crippen molar-refractivity contribution in [2.45, 2.75) is 26.0 Å². The lowest BCUT2D eigenvalue weighted by Gasteiger charge is -2.17. The molecule has 0 fully saturated rings. The number of nitrogens with zero attached hydrogens (tertiary/aromatic N) is 1. The van der Waals surface area contributed by atoms with Gasteiger partial charge in [-0.1, -0.05) is 6.07 Å². The largest absolute Gasteiger partial charge is 0.389 e. The Morgan fingerprint density at radius 1 is 1.56 bits per heavy atom. The summed E-state index contributed by atoms with van der Waals surface area (Å²) < 4.78 is 5.13. The van der Waals surface area contributed by atoms with E-state index in [1.54, 1.807) is 6.20 Å². The number of ether oxygens (including phenoxy) is 1. The highest BCUT2D eigenvalue weighted by atomic mass is 16.5. The lowest BCUT2D eigenvalue weighted by molar-refractivity contribution is 0.0416. The van der Waals surface area contributed by atoms with Crippen LogP contribution >= 0.6 is 0 Å². The van der Waals surface area contributed by atoms with Crippen LogP contribution in [0.4, 0.5) is 0 Å². The van der Waals surface area contributed by atoms with Crippen molar-refractivity contribution >= 4 is 0 Å². The van der Waals surface area contributed by atoms with Gasteiger partial charge in [0.25, 0.3) is 0 Å². The fraction of sp³-hybridized carbons (Fsp3) is 0.583. The summed E-state index contributed by atoms with van der Waals surface area (Å²) in [4.78, 5) is 4.06. The zero-order chi connectivity index (χ0) is 11.8. The van der Waals surface area contributed by atoms with Gasteiger partial charge in [0.15, 0.2) is 0 Å². The Labute approximate surface area is 96.7 Å². The maximum absolute atomic E-state index is 9.57. The third-order valence-corrected chi connectivity index (χ3v) is 2.36. The fourth-order valence-corrected chi connectivity index (χ4v) is 1.38. The van der Waals surface area contributed by atoms with Crippen LogP contribution in [0.1, 0.15) is 25.5 Å². The normalized spacial score (nSPS) is 14.7. The first-order chi connectivity index (χ1) is 7.74. The molecule has 0 aliphatic carbocycles. The summed E-state index contributed by atoms with van der Waals surface area (Å²) in [5.41, 5.74) is 1.12. The van der Waals surface area contributed by atoms with Crippen molar-refractivity contribution in [1.82, 2.24) is 10.3 Å². The van der Waals surface area contributed by atoms with Crippen molar-refractivity contribution < 1.29 is 9.84 Å². The highest BCUT2D eigenvalue weighted by Gasteiger charge is 2.08. The second kappa shape index (κ2) is 7.33. The van der Waals surface area contributed by atoms with Crippen molar-refractivity contribution in [2.75, 3.05) is 19.8 Å². The van der Waals surface area contributed by atoms with Crippen LogP contribution in [0.5, 0.6) is 0 Å². The summed E-state index contributed by atoms with van der Waals surface area (Å²) >= 11 is 0. The molecule has 4 heteroatoms. The van der Waals surface area contributed by atoms with Crippen molar-refractivity contribution in [3.05, 3.63) is 30.1 Å². The second-order valence-corrected chi connectivity index (χ2v) is 3.73. The standard InChI is InChI=1S/C12H20N2O2/c1-3-16-9-12(15)8-14-10(2)11-5-4-6-13-7-11/h4-7,10,12,14-15H,3,8-9H2,1-2H3. The minimum Gasteiger partial charge on any atom is -0.389 e. The van der Waals surface area contributed by atoms with Gasteiger partial charge in [-0.3, -0.25) is 4.98 Å². The fourth-order valence-electron chi connectivity index (χ4n) is 1.38. The summed E-state index contributed by atoms with van der Waals surface area (Å²) in [6, 6.07) is 4.11. The summed E-state index contributed by atoms with van der Waals surface area (Å²) in [5.74, 6) is 0. The van der Waals surface area contributed by atoms with E-state index in [9.17, 15) is 5.11 Å². The van der Waals surface area contributed by atoms with Crippen LogP contribution < -0.4 is 5.32 Å². The monoisotopic (exact) mass is 224 g/mol. The SMILES string of the molecule is CCOCC(O)CNC(C)c1cccnc1. The number of aromatic nitrogens is 1. The van der Waals surface area contributed by atoms with Crippen LogP contribution in [0.15, 0.2) is 24.5 Å². The molecule has 4 nitrogen and oxygen atoms in total. The lowest BCUT2D eigenvalue weighted by Crippen LogP contribution is -2.32. The molecular weight excluding hydrogens is 204 g/mol. The second-order valence-electron chi connectivity index (χ2n) is 3.73. The van der Waals surface area contributed by atoms with Crippen molar-refractivity contribution in [1.29, 1.82) is 0 Å². The van der Waals surface area contributed by atoms with E-state index in [1.165, 1.54) is 0 Å². The Hall–Kier alpha value is -0.970. The number of rotatable bonds is 7. The first-order valence-electron chi connectivity index (χ1n) is 5.63. The van der Waals surface area contributed by atoms with Gasteiger partial charge in [-0.05, 0) is 25.5 Å². The zero-order valence-electron chi connectivity index (χ0n) is 9.89. The molecule has 0 bridgehead atoms. The Bertz CT molecular complexity index is 280. The van der Waals surface area contributed by atoms with E-state index in [0.29, 0.717) is 19.8 Å². The smallest absolute Gasteiger partial charge is 0.0897 e. The predicted molar refractivity (Wildman–Crippen MR) is 63.2 cm³/mol. The number of hydrogen-bond donors (Lipinski definition) is 2. The van der Waals surface area contributed by atoms with E-state index in [1.807, 2.05) is 32.2 Å². The summed E-state index contributed by atoms with van der Waals surface area (Å²) in [6.07, 6.45) is 3.12. The van der Waals surface area contributed by atoms with Crippen LogP contribution in [0.3, 0.4) is 0 Å². The van der Waals surface area contributed by atoms with E-state index >= 15 is 0 Å². The Kier molecular flexibility index (Phi) is 6.00. The number of aliphatic hydroxyl groups excluding tert-OH is 1. The molecule has 0 radical (unpaired) electrons. The first kappa shape index (κ1) is 13.1. The van der Waals surface area contributed by atoms with E-state index in [2.05, 4.69) is 10.3 Å². The molecule has 90 valence electrons. The molecule has 2 unspecified atom stereocenters. The highest BCUT2D eigenvalue weighted by molar-refractivity contribution is 5.12. The topological polar surface area (TPSA) is 54.4 Å². The molecule has 0 spiro atoms. The molecule has 16 heavy (non-hydrogen) atoms. The van der Waals surface area contributed by atoms with Gasteiger partial charge in [0.2, 0.25) is 0 Å². The molecule has 0 aliphatic heterocycles. The van der Waals surface area contributed by atoms with Gasteiger partial charge >= 0.3 is 0 Å². The van der Waals surface area contributed by atoms with Gasteiger partial charge in [0.1, 0.15) is 0 Å². The molecule has 0 aromatic carbocycles. The molecular formula is C12H20N2O2. The highest BCUT2D eigenvalue weighted by Crippen LogP contribution is 2.09. The van der Waals surface area contributed by atoms with Crippen LogP contribution in [0.25, 0.3) is 0 Å². The van der Waals surface area contributed by atoms with Gasteiger partial charge in [-0.15, -0.1) is 0 Å². The van der Waals surface area contributed by atoms with Crippen molar-refractivity contribution in [2.24, 2.45) is 0 Å². The molecule has 2 atom stereocenters. The van der Waals surface area contributed by atoms with Crippen molar-refractivity contribution in [3.63, 3.8) is 0 Å². The molecule has 0 saturated carbocycles. The Balaban J connectivity index is 2.27. The molecule has 0 saturated heterocycles. The Morgan fingerprint density at radius 3 is 3.00 bits per heavy atom.